The molecule has 0 spiro atoms. The van der Waals surface area contributed by atoms with Gasteiger partial charge in [0.05, 0.1) is 29.9 Å². The first-order valence-corrected chi connectivity index (χ1v) is 12.6. The number of fused-ring (bicyclic) bond motifs is 4. The predicted molar refractivity (Wildman–Crippen MR) is 134 cm³/mol. The highest BCUT2D eigenvalue weighted by Crippen LogP contribution is 2.49. The Labute approximate surface area is 218 Å². The summed E-state index contributed by atoms with van der Waals surface area (Å²) in [6.45, 7) is 7.57. The fourth-order valence-corrected chi connectivity index (χ4v) is 6.15. The molecule has 3 atom stereocenters. The first-order chi connectivity index (χ1) is 17.7. The molecule has 2 bridgehead atoms. The van der Waals surface area contributed by atoms with E-state index in [0.717, 1.165) is 6.42 Å². The van der Waals surface area contributed by atoms with E-state index in [4.69, 9.17) is 26.1 Å². The summed E-state index contributed by atoms with van der Waals surface area (Å²) in [6.07, 6.45) is 1.99. The molecule has 1 N–H and O–H groups in total. The molecule has 1 aromatic heterocycles. The molecule has 2 amide bonds. The molecule has 11 heteroatoms. The Morgan fingerprint density at radius 1 is 1.32 bits per heavy atom. The van der Waals surface area contributed by atoms with Crippen LogP contribution in [0.25, 0.3) is 11.3 Å². The normalized spacial score (nSPS) is 26.5. The highest BCUT2D eigenvalue weighted by Gasteiger charge is 2.51. The van der Waals surface area contributed by atoms with Gasteiger partial charge in [0, 0.05) is 32.6 Å². The number of aromatic nitrogens is 1. The zero-order chi connectivity index (χ0) is 26.1. The number of carbonyl (C=O) groups is 2. The largest absolute Gasteiger partial charge is 0.507 e. The maximum atomic E-state index is 15.0. The molecule has 3 fully saturated rings. The van der Waals surface area contributed by atoms with Crippen molar-refractivity contribution in [3.63, 3.8) is 0 Å². The molecule has 1 aromatic carbocycles. The molecule has 194 valence electrons. The lowest BCUT2D eigenvalue weighted by atomic mass is 10.00. The zero-order valence-corrected chi connectivity index (χ0v) is 21.0. The molecule has 0 saturated carbocycles. The molecule has 3 saturated heterocycles. The minimum atomic E-state index is -0.700. The fourth-order valence-electron chi connectivity index (χ4n) is 5.86. The van der Waals surface area contributed by atoms with Crippen molar-refractivity contribution in [2.24, 2.45) is 0 Å². The van der Waals surface area contributed by atoms with Crippen LogP contribution in [0, 0.1) is 5.82 Å². The summed E-state index contributed by atoms with van der Waals surface area (Å²) >= 11 is 6.78. The second-order valence-electron chi connectivity index (χ2n) is 10.1. The molecule has 9 nitrogen and oxygen atoms in total. The Bertz CT molecular complexity index is 1320. The Morgan fingerprint density at radius 2 is 2.14 bits per heavy atom. The number of rotatable bonds is 3. The molecular formula is C26H26ClFN4O5. The second-order valence-corrected chi connectivity index (χ2v) is 10.5. The average Bonchev–Trinajstić information content (AvgIpc) is 3.38. The van der Waals surface area contributed by atoms with Crippen LogP contribution in [0.1, 0.15) is 23.7 Å². The van der Waals surface area contributed by atoms with Crippen molar-refractivity contribution in [1.82, 2.24) is 14.8 Å². The number of benzene rings is 1. The number of carbonyl (C=O) groups excluding carboxylic acids is 2. The van der Waals surface area contributed by atoms with Gasteiger partial charge in [0.2, 0.25) is 5.91 Å². The Kier molecular flexibility index (Phi) is 5.57. The molecule has 5 heterocycles. The number of anilines is 1. The van der Waals surface area contributed by atoms with Crippen LogP contribution < -0.4 is 9.64 Å². The summed E-state index contributed by atoms with van der Waals surface area (Å²) in [6, 6.07) is 3.54. The molecule has 0 aliphatic carbocycles. The molecule has 0 radical (unpaired) electrons. The van der Waals surface area contributed by atoms with Crippen LogP contribution in [0.15, 0.2) is 30.9 Å². The summed E-state index contributed by atoms with van der Waals surface area (Å²) < 4.78 is 27.0. The van der Waals surface area contributed by atoms with Crippen LogP contribution in [0.2, 0.25) is 5.02 Å². The zero-order valence-electron chi connectivity index (χ0n) is 20.2. The molecule has 1 unspecified atom stereocenters. The van der Waals surface area contributed by atoms with Crippen LogP contribution in [0.5, 0.6) is 11.5 Å². The Morgan fingerprint density at radius 3 is 2.81 bits per heavy atom. The quantitative estimate of drug-likeness (QED) is 0.612. The number of phenolic OH excluding ortho intramolecular Hbond substituents is 1. The minimum absolute atomic E-state index is 0.00515. The molecule has 37 heavy (non-hydrogen) atoms. The fraction of sp³-hybridized carbons (Fsp3) is 0.423. The van der Waals surface area contributed by atoms with E-state index in [0.29, 0.717) is 32.1 Å². The number of amides is 2. The molecule has 4 aliphatic heterocycles. The standard InChI is InChI=1S/C26H26ClFN4O5/c1-3-18(34)30-7-8-31-14(10-30)12-36-23-20(25(31)35)24(32-11-15-9-26(32,2)13-37-15)29-22(21(23)27)19-16(28)5-4-6-17(19)33/h3-6,14-15,33H,1,7-13H2,2H3/t14-,15?,26+/m1/s1. The maximum Gasteiger partial charge on any atom is 0.261 e. The summed E-state index contributed by atoms with van der Waals surface area (Å²) in [5.74, 6) is -1.14. The van der Waals surface area contributed by atoms with Gasteiger partial charge < -0.3 is 29.3 Å². The molecule has 2 aromatic rings. The van der Waals surface area contributed by atoms with Crippen LogP contribution in [0.4, 0.5) is 10.2 Å². The number of hydrogen-bond donors (Lipinski definition) is 1. The Balaban J connectivity index is 1.52. The van der Waals surface area contributed by atoms with E-state index < -0.39 is 17.4 Å². The monoisotopic (exact) mass is 528 g/mol. The third kappa shape index (κ3) is 3.65. The first kappa shape index (κ1) is 24.0. The van der Waals surface area contributed by atoms with Gasteiger partial charge in [0.25, 0.3) is 5.91 Å². The minimum Gasteiger partial charge on any atom is -0.507 e. The van der Waals surface area contributed by atoms with E-state index in [1.165, 1.54) is 24.3 Å². The number of phenols is 1. The van der Waals surface area contributed by atoms with Crippen LogP contribution in [0.3, 0.4) is 0 Å². The summed E-state index contributed by atoms with van der Waals surface area (Å²) in [5.41, 5.74) is -0.392. The van der Waals surface area contributed by atoms with Gasteiger partial charge in [0.1, 0.15) is 40.3 Å². The lowest BCUT2D eigenvalue weighted by molar-refractivity contribution is -0.128. The lowest BCUT2D eigenvalue weighted by Crippen LogP contribution is -2.57. The van der Waals surface area contributed by atoms with E-state index in [9.17, 15) is 19.1 Å². The topological polar surface area (TPSA) is 95.4 Å². The molecular weight excluding hydrogens is 503 g/mol. The number of piperazine rings is 1. The van der Waals surface area contributed by atoms with Crippen molar-refractivity contribution in [2.75, 3.05) is 44.3 Å². The van der Waals surface area contributed by atoms with Gasteiger partial charge in [0.15, 0.2) is 5.75 Å². The lowest BCUT2D eigenvalue weighted by Gasteiger charge is -2.40. The van der Waals surface area contributed by atoms with Gasteiger partial charge in [-0.2, -0.15) is 0 Å². The summed E-state index contributed by atoms with van der Waals surface area (Å²) in [4.78, 5) is 36.4. The number of pyridine rings is 1. The smallest absolute Gasteiger partial charge is 0.261 e. The van der Waals surface area contributed by atoms with E-state index in [1.807, 2.05) is 11.8 Å². The SMILES string of the molecule is C=CC(=O)N1CCN2C(=O)c3c(N4CC5C[C@@]4(C)CO5)nc(-c4c(O)cccc4F)c(Cl)c3OC[C@H]2C1. The first-order valence-electron chi connectivity index (χ1n) is 12.2. The van der Waals surface area contributed by atoms with Crippen molar-refractivity contribution in [2.45, 2.75) is 31.0 Å². The van der Waals surface area contributed by atoms with Gasteiger partial charge in [-0.1, -0.05) is 24.2 Å². The third-order valence-corrected chi connectivity index (χ3v) is 8.11. The maximum absolute atomic E-state index is 15.0. The van der Waals surface area contributed by atoms with E-state index in [-0.39, 0.29) is 64.4 Å². The van der Waals surface area contributed by atoms with Crippen molar-refractivity contribution >= 4 is 29.2 Å². The highest BCUT2D eigenvalue weighted by atomic mass is 35.5. The van der Waals surface area contributed by atoms with E-state index >= 15 is 0 Å². The number of ether oxygens (including phenoxy) is 2. The molecule has 4 aliphatic rings. The van der Waals surface area contributed by atoms with E-state index in [2.05, 4.69) is 6.58 Å². The average molecular weight is 529 g/mol. The summed E-state index contributed by atoms with van der Waals surface area (Å²) in [5, 5.41) is 10.5. The Hall–Kier alpha value is -3.37. The van der Waals surface area contributed by atoms with Gasteiger partial charge in [-0.15, -0.1) is 0 Å². The number of morpholine rings is 1. The summed E-state index contributed by atoms with van der Waals surface area (Å²) in [7, 11) is 0. The predicted octanol–water partition coefficient (Wildman–Crippen LogP) is 2.85. The highest BCUT2D eigenvalue weighted by molar-refractivity contribution is 6.35. The van der Waals surface area contributed by atoms with Crippen molar-refractivity contribution in [3.8, 4) is 22.8 Å². The van der Waals surface area contributed by atoms with Gasteiger partial charge >= 0.3 is 0 Å². The van der Waals surface area contributed by atoms with Crippen LogP contribution in [-0.2, 0) is 9.53 Å². The number of halogens is 2. The van der Waals surface area contributed by atoms with Crippen molar-refractivity contribution in [1.29, 1.82) is 0 Å². The van der Waals surface area contributed by atoms with Crippen molar-refractivity contribution in [3.05, 3.63) is 47.3 Å². The van der Waals surface area contributed by atoms with Gasteiger partial charge in [-0.05, 0) is 25.1 Å². The number of aromatic hydroxyl groups is 1. The number of hydrogen-bond acceptors (Lipinski definition) is 7. The second kappa shape index (κ2) is 8.59. The third-order valence-electron chi connectivity index (χ3n) is 7.76. The van der Waals surface area contributed by atoms with Gasteiger partial charge in [-0.25, -0.2) is 9.37 Å². The van der Waals surface area contributed by atoms with E-state index in [1.54, 1.807) is 9.80 Å². The molecule has 6 rings (SSSR count). The van der Waals surface area contributed by atoms with Crippen LogP contribution in [-0.4, -0.2) is 88.8 Å². The number of nitrogens with zero attached hydrogens (tertiary/aromatic N) is 4. The van der Waals surface area contributed by atoms with Crippen LogP contribution >= 0.6 is 11.6 Å². The van der Waals surface area contributed by atoms with Gasteiger partial charge in [-0.3, -0.25) is 9.59 Å². The van der Waals surface area contributed by atoms with Crippen molar-refractivity contribution < 1.29 is 28.6 Å².